The summed E-state index contributed by atoms with van der Waals surface area (Å²) in [5.41, 5.74) is 0. The summed E-state index contributed by atoms with van der Waals surface area (Å²) in [6.45, 7) is 2.50. The molecule has 0 aromatic carbocycles. The lowest BCUT2D eigenvalue weighted by Gasteiger charge is -2.23. The zero-order valence-corrected chi connectivity index (χ0v) is 11.5. The molecule has 2 aliphatic heterocycles. The first kappa shape index (κ1) is 14.3. The minimum absolute atomic E-state index is 0.00379. The summed E-state index contributed by atoms with van der Waals surface area (Å²) in [5, 5.41) is 5.75. The van der Waals surface area contributed by atoms with Crippen LogP contribution in [0.4, 0.5) is 0 Å². The molecule has 2 amide bonds. The van der Waals surface area contributed by atoms with Gasteiger partial charge in [-0.1, -0.05) is 0 Å². The fourth-order valence-electron chi connectivity index (χ4n) is 2.75. The van der Waals surface area contributed by atoms with E-state index in [-0.39, 0.29) is 30.5 Å². The summed E-state index contributed by atoms with van der Waals surface area (Å²) in [6, 6.07) is -0.290. The van der Waals surface area contributed by atoms with E-state index in [1.54, 1.807) is 11.9 Å². The topological polar surface area (TPSA) is 70.7 Å². The first-order valence-electron chi connectivity index (χ1n) is 7.05. The van der Waals surface area contributed by atoms with Crippen molar-refractivity contribution in [1.29, 1.82) is 0 Å². The molecule has 2 heterocycles. The Bertz CT molecular complexity index is 329. The number of carbonyl (C=O) groups excluding carboxylic acids is 2. The molecule has 19 heavy (non-hydrogen) atoms. The van der Waals surface area contributed by atoms with Crippen LogP contribution in [0.3, 0.4) is 0 Å². The minimum Gasteiger partial charge on any atom is -0.377 e. The third-order valence-corrected chi connectivity index (χ3v) is 3.79. The number of amides is 2. The third kappa shape index (κ3) is 3.67. The largest absolute Gasteiger partial charge is 0.377 e. The number of rotatable bonds is 5. The van der Waals surface area contributed by atoms with Gasteiger partial charge in [-0.3, -0.25) is 9.59 Å². The zero-order chi connectivity index (χ0) is 13.7. The summed E-state index contributed by atoms with van der Waals surface area (Å²) in [6.07, 6.45) is 4.06. The van der Waals surface area contributed by atoms with Gasteiger partial charge in [0.1, 0.15) is 6.04 Å². The van der Waals surface area contributed by atoms with Gasteiger partial charge in [0.15, 0.2) is 0 Å². The van der Waals surface area contributed by atoms with E-state index in [1.807, 2.05) is 0 Å². The fraction of sp³-hybridized carbons (Fsp3) is 0.846. The highest BCUT2D eigenvalue weighted by Gasteiger charge is 2.33. The third-order valence-electron chi connectivity index (χ3n) is 3.79. The maximum atomic E-state index is 12.1. The van der Waals surface area contributed by atoms with Gasteiger partial charge in [0.25, 0.3) is 0 Å². The van der Waals surface area contributed by atoms with Crippen LogP contribution in [-0.4, -0.2) is 62.1 Å². The molecule has 2 aliphatic rings. The zero-order valence-electron chi connectivity index (χ0n) is 11.5. The van der Waals surface area contributed by atoms with Crippen LogP contribution in [0.5, 0.6) is 0 Å². The fourth-order valence-corrected chi connectivity index (χ4v) is 2.75. The Balaban J connectivity index is 1.73. The molecule has 0 saturated carbocycles. The molecular formula is C13H23N3O3. The molecule has 0 unspecified atom stereocenters. The van der Waals surface area contributed by atoms with Crippen LogP contribution in [-0.2, 0) is 14.3 Å². The highest BCUT2D eigenvalue weighted by Crippen LogP contribution is 2.17. The van der Waals surface area contributed by atoms with E-state index in [2.05, 4.69) is 10.6 Å². The second-order valence-electron chi connectivity index (χ2n) is 5.13. The maximum Gasteiger partial charge on any atom is 0.242 e. The molecule has 0 spiro atoms. The monoisotopic (exact) mass is 269 g/mol. The van der Waals surface area contributed by atoms with Crippen molar-refractivity contribution in [1.82, 2.24) is 15.5 Å². The predicted octanol–water partition coefficient (Wildman–Crippen LogP) is -0.508. The molecule has 2 atom stereocenters. The van der Waals surface area contributed by atoms with E-state index < -0.39 is 0 Å². The molecule has 0 aromatic heterocycles. The Morgan fingerprint density at radius 2 is 2.16 bits per heavy atom. The molecule has 6 heteroatoms. The average Bonchev–Trinajstić information content (AvgIpc) is 3.08. The first-order valence-corrected chi connectivity index (χ1v) is 7.05. The number of carbonyl (C=O) groups is 2. The van der Waals surface area contributed by atoms with Crippen molar-refractivity contribution in [2.24, 2.45) is 0 Å². The second kappa shape index (κ2) is 6.86. The summed E-state index contributed by atoms with van der Waals surface area (Å²) in [7, 11) is 1.61. The normalized spacial score (nSPS) is 26.7. The number of likely N-dealkylation sites (tertiary alicyclic amines) is 1. The van der Waals surface area contributed by atoms with Crippen molar-refractivity contribution in [2.45, 2.75) is 37.8 Å². The molecule has 0 aliphatic carbocycles. The van der Waals surface area contributed by atoms with Crippen molar-refractivity contribution < 1.29 is 14.3 Å². The van der Waals surface area contributed by atoms with Crippen LogP contribution in [0, 0.1) is 0 Å². The minimum atomic E-state index is -0.290. The molecule has 2 N–H and O–H groups in total. The Morgan fingerprint density at radius 1 is 1.32 bits per heavy atom. The number of hydrogen-bond acceptors (Lipinski definition) is 4. The molecule has 0 bridgehead atoms. The highest BCUT2D eigenvalue weighted by atomic mass is 16.5. The van der Waals surface area contributed by atoms with Gasteiger partial charge in [0.05, 0.1) is 12.6 Å². The summed E-state index contributed by atoms with van der Waals surface area (Å²) < 4.78 is 5.49. The van der Waals surface area contributed by atoms with E-state index >= 15 is 0 Å². The van der Waals surface area contributed by atoms with Gasteiger partial charge in [-0.25, -0.2) is 0 Å². The number of likely N-dealkylation sites (N-methyl/N-ethyl adjacent to an activating group) is 1. The molecule has 0 radical (unpaired) electrons. The van der Waals surface area contributed by atoms with Crippen LogP contribution in [0.1, 0.15) is 25.7 Å². The van der Waals surface area contributed by atoms with E-state index in [0.29, 0.717) is 13.1 Å². The predicted molar refractivity (Wildman–Crippen MR) is 70.6 cm³/mol. The smallest absolute Gasteiger partial charge is 0.242 e. The molecular weight excluding hydrogens is 246 g/mol. The van der Waals surface area contributed by atoms with Gasteiger partial charge in [-0.15, -0.1) is 0 Å². The van der Waals surface area contributed by atoms with E-state index in [4.69, 9.17) is 4.74 Å². The quantitative estimate of drug-likeness (QED) is 0.705. The van der Waals surface area contributed by atoms with Crippen molar-refractivity contribution in [3.8, 4) is 0 Å². The van der Waals surface area contributed by atoms with Crippen molar-refractivity contribution in [3.63, 3.8) is 0 Å². The lowest BCUT2D eigenvalue weighted by molar-refractivity contribution is -0.137. The maximum absolute atomic E-state index is 12.1. The molecule has 0 aromatic rings. The summed E-state index contributed by atoms with van der Waals surface area (Å²) in [5.74, 6) is -0.0610. The molecule has 2 fully saturated rings. The van der Waals surface area contributed by atoms with Crippen molar-refractivity contribution in [3.05, 3.63) is 0 Å². The lowest BCUT2D eigenvalue weighted by Crippen LogP contribution is -2.48. The first-order chi connectivity index (χ1) is 9.22. The van der Waals surface area contributed by atoms with Crippen LogP contribution >= 0.6 is 0 Å². The Morgan fingerprint density at radius 3 is 2.84 bits per heavy atom. The Hall–Kier alpha value is -1.14. The molecule has 6 nitrogen and oxygen atoms in total. The van der Waals surface area contributed by atoms with Crippen molar-refractivity contribution in [2.75, 3.05) is 33.3 Å². The summed E-state index contributed by atoms with van der Waals surface area (Å²) >= 11 is 0. The summed E-state index contributed by atoms with van der Waals surface area (Å²) in [4.78, 5) is 25.4. The Labute approximate surface area is 113 Å². The molecule has 108 valence electrons. The number of nitrogens with one attached hydrogen (secondary N) is 2. The van der Waals surface area contributed by atoms with Crippen LogP contribution in [0.2, 0.25) is 0 Å². The molecule has 2 rings (SSSR count). The average molecular weight is 269 g/mol. The highest BCUT2D eigenvalue weighted by molar-refractivity contribution is 5.88. The van der Waals surface area contributed by atoms with E-state index in [1.165, 1.54) is 0 Å². The van der Waals surface area contributed by atoms with Gasteiger partial charge in [0.2, 0.25) is 11.8 Å². The molecule has 2 saturated heterocycles. The van der Waals surface area contributed by atoms with Crippen LogP contribution in [0.15, 0.2) is 0 Å². The standard InChI is InChI=1S/C13H23N3O3/c1-14-13(18)11-5-2-6-16(11)12(17)9-15-8-10-4-3-7-19-10/h10-11,15H,2-9H2,1H3,(H,14,18)/t10-,11-/m1/s1. The second-order valence-corrected chi connectivity index (χ2v) is 5.13. The van der Waals surface area contributed by atoms with Gasteiger partial charge in [-0.05, 0) is 25.7 Å². The SMILES string of the molecule is CNC(=O)[C@H]1CCCN1C(=O)CNC[C@H]1CCCO1. The van der Waals surface area contributed by atoms with E-state index in [0.717, 1.165) is 32.3 Å². The van der Waals surface area contributed by atoms with Crippen LogP contribution in [0.25, 0.3) is 0 Å². The van der Waals surface area contributed by atoms with Crippen molar-refractivity contribution >= 4 is 11.8 Å². The van der Waals surface area contributed by atoms with Crippen LogP contribution < -0.4 is 10.6 Å². The van der Waals surface area contributed by atoms with E-state index in [9.17, 15) is 9.59 Å². The lowest BCUT2D eigenvalue weighted by atomic mass is 10.2. The van der Waals surface area contributed by atoms with Gasteiger partial charge in [-0.2, -0.15) is 0 Å². The number of nitrogens with zero attached hydrogens (tertiary/aromatic N) is 1. The van der Waals surface area contributed by atoms with Gasteiger partial charge in [0, 0.05) is 26.7 Å². The number of hydrogen-bond donors (Lipinski definition) is 2. The Kier molecular flexibility index (Phi) is 5.15. The number of ether oxygens (including phenoxy) is 1. The van der Waals surface area contributed by atoms with Gasteiger partial charge < -0.3 is 20.3 Å². The van der Waals surface area contributed by atoms with Gasteiger partial charge >= 0.3 is 0 Å².